The normalized spacial score (nSPS) is 12.4. The fourth-order valence-electron chi connectivity index (χ4n) is 2.28. The fourth-order valence-corrected chi connectivity index (χ4v) is 2.28. The molecule has 106 valence electrons. The summed E-state index contributed by atoms with van der Waals surface area (Å²) in [5, 5.41) is 0. The minimum absolute atomic E-state index is 0.326. The first-order valence-electron chi connectivity index (χ1n) is 6.83. The molecule has 3 heteroatoms. The third kappa shape index (κ3) is 3.05. The summed E-state index contributed by atoms with van der Waals surface area (Å²) in [6.07, 6.45) is 2.09. The van der Waals surface area contributed by atoms with Gasteiger partial charge in [-0.1, -0.05) is 37.6 Å². The van der Waals surface area contributed by atoms with Crippen LogP contribution in [0.3, 0.4) is 0 Å². The largest absolute Gasteiger partial charge is 0.320 e. The first-order valence-corrected chi connectivity index (χ1v) is 6.83. The van der Waals surface area contributed by atoms with Crippen molar-refractivity contribution >= 4 is 0 Å². The Balaban J connectivity index is 2.31. The number of rotatable bonds is 4. The van der Waals surface area contributed by atoms with Gasteiger partial charge in [0, 0.05) is 11.6 Å². The lowest BCUT2D eigenvalue weighted by Crippen LogP contribution is -2.14. The number of halogens is 2. The van der Waals surface area contributed by atoms with Crippen molar-refractivity contribution in [3.63, 3.8) is 0 Å². The van der Waals surface area contributed by atoms with Crippen molar-refractivity contribution in [3.8, 4) is 0 Å². The molecule has 2 N–H and O–H groups in total. The van der Waals surface area contributed by atoms with Crippen LogP contribution in [0.4, 0.5) is 8.78 Å². The molecule has 0 aliphatic carbocycles. The molecule has 0 heterocycles. The van der Waals surface area contributed by atoms with Gasteiger partial charge in [0.2, 0.25) is 0 Å². The molecule has 0 spiro atoms. The van der Waals surface area contributed by atoms with Crippen LogP contribution in [0.2, 0.25) is 0 Å². The maximum absolute atomic E-state index is 13.8. The van der Waals surface area contributed by atoms with Crippen LogP contribution in [0, 0.1) is 18.6 Å². The second-order valence-corrected chi connectivity index (χ2v) is 5.09. The Kier molecular flexibility index (Phi) is 4.50. The second-order valence-electron chi connectivity index (χ2n) is 5.09. The molecule has 1 unspecified atom stereocenters. The minimum atomic E-state index is -0.599. The quantitative estimate of drug-likeness (QED) is 0.885. The standard InChI is InChI=1S/C17H19F2N/c1-3-4-12-5-7-13(8-6-12)17(20)14-9-11(2)15(18)10-16(14)19/h5-10,17H,3-4,20H2,1-2H3. The number of aryl methyl sites for hydroxylation is 2. The highest BCUT2D eigenvalue weighted by molar-refractivity contribution is 5.36. The molecule has 2 aromatic rings. The number of hydrogen-bond donors (Lipinski definition) is 1. The summed E-state index contributed by atoms with van der Waals surface area (Å²) in [7, 11) is 0. The molecule has 0 aliphatic rings. The van der Waals surface area contributed by atoms with Crippen molar-refractivity contribution < 1.29 is 8.78 Å². The molecule has 1 nitrogen and oxygen atoms in total. The van der Waals surface area contributed by atoms with Crippen LogP contribution in [-0.4, -0.2) is 0 Å². The maximum atomic E-state index is 13.8. The van der Waals surface area contributed by atoms with Gasteiger partial charge in [-0.3, -0.25) is 0 Å². The lowest BCUT2D eigenvalue weighted by molar-refractivity contribution is 0.561. The second kappa shape index (κ2) is 6.14. The Morgan fingerprint density at radius 1 is 1.05 bits per heavy atom. The van der Waals surface area contributed by atoms with Crippen LogP contribution in [0.5, 0.6) is 0 Å². The molecule has 0 amide bonds. The number of nitrogens with two attached hydrogens (primary N) is 1. The van der Waals surface area contributed by atoms with E-state index >= 15 is 0 Å². The maximum Gasteiger partial charge on any atom is 0.131 e. The molecular formula is C17H19F2N. The molecule has 0 aromatic heterocycles. The summed E-state index contributed by atoms with van der Waals surface area (Å²) in [4.78, 5) is 0. The third-order valence-electron chi connectivity index (χ3n) is 3.49. The van der Waals surface area contributed by atoms with Crippen LogP contribution in [-0.2, 0) is 6.42 Å². The van der Waals surface area contributed by atoms with Crippen LogP contribution >= 0.6 is 0 Å². The Morgan fingerprint density at radius 2 is 1.70 bits per heavy atom. The Morgan fingerprint density at radius 3 is 2.30 bits per heavy atom. The smallest absolute Gasteiger partial charge is 0.131 e. The van der Waals surface area contributed by atoms with Gasteiger partial charge in [-0.25, -0.2) is 8.78 Å². The molecule has 0 bridgehead atoms. The average molecular weight is 275 g/mol. The van der Waals surface area contributed by atoms with Gasteiger partial charge in [0.05, 0.1) is 6.04 Å². The third-order valence-corrected chi connectivity index (χ3v) is 3.49. The van der Waals surface area contributed by atoms with E-state index in [0.717, 1.165) is 24.5 Å². The van der Waals surface area contributed by atoms with E-state index in [1.54, 1.807) is 6.92 Å². The van der Waals surface area contributed by atoms with Gasteiger partial charge < -0.3 is 5.73 Å². The molecule has 1 atom stereocenters. The highest BCUT2D eigenvalue weighted by Gasteiger charge is 2.15. The van der Waals surface area contributed by atoms with Gasteiger partial charge >= 0.3 is 0 Å². The van der Waals surface area contributed by atoms with Crippen molar-refractivity contribution in [2.45, 2.75) is 32.7 Å². The topological polar surface area (TPSA) is 26.0 Å². The monoisotopic (exact) mass is 275 g/mol. The summed E-state index contributed by atoms with van der Waals surface area (Å²) in [5.41, 5.74) is 8.89. The van der Waals surface area contributed by atoms with Crippen molar-refractivity contribution in [2.24, 2.45) is 5.73 Å². The highest BCUT2D eigenvalue weighted by atomic mass is 19.1. The summed E-state index contributed by atoms with van der Waals surface area (Å²) in [6, 6.07) is 9.64. The van der Waals surface area contributed by atoms with E-state index in [2.05, 4.69) is 6.92 Å². The van der Waals surface area contributed by atoms with Crippen molar-refractivity contribution in [3.05, 3.63) is 70.3 Å². The molecule has 0 aliphatic heterocycles. The predicted octanol–water partition coefficient (Wildman–Crippen LogP) is 4.27. The first kappa shape index (κ1) is 14.7. The van der Waals surface area contributed by atoms with Crippen LogP contribution < -0.4 is 5.73 Å². The van der Waals surface area contributed by atoms with Crippen LogP contribution in [0.15, 0.2) is 36.4 Å². The molecular weight excluding hydrogens is 256 g/mol. The van der Waals surface area contributed by atoms with Gasteiger partial charge in [-0.2, -0.15) is 0 Å². The lowest BCUT2D eigenvalue weighted by Gasteiger charge is -2.15. The van der Waals surface area contributed by atoms with Gasteiger partial charge in [0.25, 0.3) is 0 Å². The van der Waals surface area contributed by atoms with E-state index in [0.29, 0.717) is 11.1 Å². The summed E-state index contributed by atoms with van der Waals surface area (Å²) in [5.74, 6) is -1.14. The molecule has 0 fully saturated rings. The molecule has 2 aromatic carbocycles. The van der Waals surface area contributed by atoms with E-state index in [-0.39, 0.29) is 0 Å². The number of hydrogen-bond acceptors (Lipinski definition) is 1. The lowest BCUT2D eigenvalue weighted by atomic mass is 9.96. The molecule has 0 radical (unpaired) electrons. The van der Waals surface area contributed by atoms with Crippen molar-refractivity contribution in [1.29, 1.82) is 0 Å². The number of benzene rings is 2. The highest BCUT2D eigenvalue weighted by Crippen LogP contribution is 2.25. The zero-order valence-electron chi connectivity index (χ0n) is 11.8. The minimum Gasteiger partial charge on any atom is -0.320 e. The Bertz CT molecular complexity index is 591. The van der Waals surface area contributed by atoms with Gasteiger partial charge in [0.15, 0.2) is 0 Å². The van der Waals surface area contributed by atoms with Crippen molar-refractivity contribution in [1.82, 2.24) is 0 Å². The SMILES string of the molecule is CCCc1ccc(C(N)c2cc(C)c(F)cc2F)cc1. The van der Waals surface area contributed by atoms with Crippen molar-refractivity contribution in [2.75, 3.05) is 0 Å². The summed E-state index contributed by atoms with van der Waals surface area (Å²) < 4.78 is 27.1. The van der Waals surface area contributed by atoms with E-state index in [1.165, 1.54) is 11.6 Å². The molecule has 0 saturated carbocycles. The van der Waals surface area contributed by atoms with Crippen LogP contribution in [0.25, 0.3) is 0 Å². The zero-order valence-corrected chi connectivity index (χ0v) is 11.8. The van der Waals surface area contributed by atoms with Gasteiger partial charge in [0.1, 0.15) is 11.6 Å². The summed E-state index contributed by atoms with van der Waals surface area (Å²) >= 11 is 0. The average Bonchev–Trinajstić information content (AvgIpc) is 2.43. The molecule has 2 rings (SSSR count). The van der Waals surface area contributed by atoms with Gasteiger partial charge in [-0.15, -0.1) is 0 Å². The first-order chi connectivity index (χ1) is 9.52. The van der Waals surface area contributed by atoms with E-state index < -0.39 is 17.7 Å². The Labute approximate surface area is 118 Å². The fraction of sp³-hybridized carbons (Fsp3) is 0.294. The van der Waals surface area contributed by atoms with E-state index in [9.17, 15) is 8.78 Å². The van der Waals surface area contributed by atoms with E-state index in [4.69, 9.17) is 5.73 Å². The van der Waals surface area contributed by atoms with E-state index in [1.807, 2.05) is 24.3 Å². The summed E-state index contributed by atoms with van der Waals surface area (Å²) in [6.45, 7) is 3.73. The molecule has 0 saturated heterocycles. The Hall–Kier alpha value is -1.74. The zero-order chi connectivity index (χ0) is 14.7. The van der Waals surface area contributed by atoms with Crippen LogP contribution in [0.1, 0.15) is 41.6 Å². The predicted molar refractivity (Wildman–Crippen MR) is 77.6 cm³/mol. The molecule has 20 heavy (non-hydrogen) atoms. The van der Waals surface area contributed by atoms with Gasteiger partial charge in [-0.05, 0) is 36.1 Å².